The van der Waals surface area contributed by atoms with Gasteiger partial charge < -0.3 is 5.32 Å². The predicted octanol–water partition coefficient (Wildman–Crippen LogP) is 4.06. The van der Waals surface area contributed by atoms with E-state index in [1.807, 2.05) is 0 Å². The fourth-order valence-corrected chi connectivity index (χ4v) is 3.92. The Hall–Kier alpha value is -0.830. The van der Waals surface area contributed by atoms with E-state index in [0.29, 0.717) is 6.04 Å². The first-order valence-corrected chi connectivity index (χ1v) is 8.82. The molecule has 3 heteroatoms. The molecule has 2 rings (SSSR count). The first-order chi connectivity index (χ1) is 10.1. The van der Waals surface area contributed by atoms with E-state index in [2.05, 4.69) is 50.1 Å². The van der Waals surface area contributed by atoms with Gasteiger partial charge in [-0.2, -0.15) is 5.10 Å². The zero-order valence-electron chi connectivity index (χ0n) is 14.3. The maximum atomic E-state index is 4.77. The van der Waals surface area contributed by atoms with Gasteiger partial charge in [0.2, 0.25) is 0 Å². The van der Waals surface area contributed by atoms with Crippen molar-refractivity contribution in [2.45, 2.75) is 65.3 Å². The fraction of sp³-hybridized carbons (Fsp3) is 0.833. The molecular weight excluding hydrogens is 258 g/mol. The summed E-state index contributed by atoms with van der Waals surface area (Å²) in [4.78, 5) is 0. The summed E-state index contributed by atoms with van der Waals surface area (Å²) in [5.74, 6) is 2.57. The Balaban J connectivity index is 2.00. The molecule has 0 aliphatic heterocycles. The molecule has 120 valence electrons. The second-order valence-electron chi connectivity index (χ2n) is 7.13. The smallest absolute Gasteiger partial charge is 0.0627 e. The second kappa shape index (κ2) is 7.98. The summed E-state index contributed by atoms with van der Waals surface area (Å²) < 4.78 is 2.09. The normalized spacial score (nSPS) is 26.4. The van der Waals surface area contributed by atoms with E-state index in [1.165, 1.54) is 37.8 Å². The van der Waals surface area contributed by atoms with Crippen LogP contribution in [0.2, 0.25) is 0 Å². The Bertz CT molecular complexity index is 410. The highest BCUT2D eigenvalue weighted by molar-refractivity contribution is 5.02. The second-order valence-corrected chi connectivity index (χ2v) is 7.13. The van der Waals surface area contributed by atoms with E-state index >= 15 is 0 Å². The van der Waals surface area contributed by atoms with Gasteiger partial charge in [0.1, 0.15) is 0 Å². The minimum Gasteiger partial charge on any atom is -0.319 e. The van der Waals surface area contributed by atoms with Gasteiger partial charge >= 0.3 is 0 Å². The molecule has 3 nitrogen and oxygen atoms in total. The van der Waals surface area contributed by atoms with E-state index in [-0.39, 0.29) is 0 Å². The molecule has 0 aromatic carbocycles. The van der Waals surface area contributed by atoms with Crippen molar-refractivity contribution in [3.05, 3.63) is 18.0 Å². The maximum absolute atomic E-state index is 4.77. The van der Waals surface area contributed by atoms with Gasteiger partial charge in [0.15, 0.2) is 0 Å². The molecule has 0 spiro atoms. The Kier molecular flexibility index (Phi) is 6.28. The van der Waals surface area contributed by atoms with Crippen LogP contribution in [0.15, 0.2) is 12.3 Å². The molecule has 0 radical (unpaired) electrons. The molecule has 1 heterocycles. The minimum atomic E-state index is 0.464. The zero-order valence-corrected chi connectivity index (χ0v) is 14.3. The average Bonchev–Trinajstić information content (AvgIpc) is 2.91. The lowest BCUT2D eigenvalue weighted by molar-refractivity contribution is 0.168. The molecule has 0 saturated heterocycles. The van der Waals surface area contributed by atoms with Crippen molar-refractivity contribution in [3.63, 3.8) is 0 Å². The molecule has 1 N–H and O–H groups in total. The third-order valence-electron chi connectivity index (χ3n) is 5.08. The lowest BCUT2D eigenvalue weighted by Crippen LogP contribution is -2.33. The largest absolute Gasteiger partial charge is 0.319 e. The van der Waals surface area contributed by atoms with Crippen LogP contribution in [0.3, 0.4) is 0 Å². The molecule has 3 unspecified atom stereocenters. The Morgan fingerprint density at radius 1 is 1.33 bits per heavy atom. The van der Waals surface area contributed by atoms with Crippen LogP contribution in [0.5, 0.6) is 0 Å². The fourth-order valence-electron chi connectivity index (χ4n) is 3.92. The topological polar surface area (TPSA) is 29.9 Å². The van der Waals surface area contributed by atoms with E-state index in [4.69, 9.17) is 5.10 Å². The Morgan fingerprint density at radius 2 is 2.14 bits per heavy atom. The number of hydrogen-bond acceptors (Lipinski definition) is 2. The van der Waals surface area contributed by atoms with Gasteiger partial charge in [-0.05, 0) is 70.5 Å². The molecule has 1 aromatic heterocycles. The first kappa shape index (κ1) is 16.5. The van der Waals surface area contributed by atoms with Crippen LogP contribution in [0.1, 0.15) is 64.6 Å². The molecule has 1 aliphatic rings. The molecular formula is C18H33N3. The standard InChI is InChI=1S/C18H33N3/c1-5-6-15-7-8-16(13-19-4)17(11-15)12-18-9-10-21(20-18)14(2)3/h9-10,14-17,19H,5-8,11-13H2,1-4H3. The van der Waals surface area contributed by atoms with Crippen LogP contribution in [0.25, 0.3) is 0 Å². The summed E-state index contributed by atoms with van der Waals surface area (Å²) in [7, 11) is 2.09. The lowest BCUT2D eigenvalue weighted by Gasteiger charge is -2.36. The van der Waals surface area contributed by atoms with Crippen LogP contribution in [-0.2, 0) is 6.42 Å². The van der Waals surface area contributed by atoms with Gasteiger partial charge in [-0.15, -0.1) is 0 Å². The summed E-state index contributed by atoms with van der Waals surface area (Å²) in [6, 6.07) is 2.69. The van der Waals surface area contributed by atoms with Crippen LogP contribution in [-0.4, -0.2) is 23.4 Å². The van der Waals surface area contributed by atoms with Gasteiger partial charge in [-0.1, -0.05) is 26.2 Å². The number of nitrogens with zero attached hydrogens (tertiary/aromatic N) is 2. The van der Waals surface area contributed by atoms with Gasteiger partial charge in [0, 0.05) is 12.2 Å². The number of rotatable bonds is 7. The quantitative estimate of drug-likeness (QED) is 0.821. The van der Waals surface area contributed by atoms with Crippen molar-refractivity contribution >= 4 is 0 Å². The van der Waals surface area contributed by atoms with Crippen molar-refractivity contribution < 1.29 is 0 Å². The average molecular weight is 291 g/mol. The zero-order chi connectivity index (χ0) is 15.2. The van der Waals surface area contributed by atoms with E-state index in [1.54, 1.807) is 0 Å². The third kappa shape index (κ3) is 4.57. The van der Waals surface area contributed by atoms with Crippen molar-refractivity contribution in [1.29, 1.82) is 0 Å². The van der Waals surface area contributed by atoms with Crippen molar-refractivity contribution in [2.75, 3.05) is 13.6 Å². The molecule has 3 atom stereocenters. The number of hydrogen-bond donors (Lipinski definition) is 1. The van der Waals surface area contributed by atoms with E-state index in [9.17, 15) is 0 Å². The molecule has 1 fully saturated rings. The molecule has 0 amide bonds. The highest BCUT2D eigenvalue weighted by Crippen LogP contribution is 2.37. The summed E-state index contributed by atoms with van der Waals surface area (Å²) in [5, 5.41) is 8.16. The third-order valence-corrected chi connectivity index (χ3v) is 5.08. The summed E-state index contributed by atoms with van der Waals surface area (Å²) in [5.41, 5.74) is 1.28. The van der Waals surface area contributed by atoms with Crippen LogP contribution in [0.4, 0.5) is 0 Å². The van der Waals surface area contributed by atoms with Gasteiger partial charge in [0.05, 0.1) is 5.69 Å². The predicted molar refractivity (Wildman–Crippen MR) is 89.5 cm³/mol. The summed E-state index contributed by atoms with van der Waals surface area (Å²) >= 11 is 0. The number of nitrogens with one attached hydrogen (secondary N) is 1. The minimum absolute atomic E-state index is 0.464. The Labute approximate surface area is 130 Å². The SMILES string of the molecule is CCCC1CCC(CNC)C(Cc2ccn(C(C)C)n2)C1. The van der Waals surface area contributed by atoms with Crippen molar-refractivity contribution in [3.8, 4) is 0 Å². The highest BCUT2D eigenvalue weighted by Gasteiger charge is 2.30. The monoisotopic (exact) mass is 291 g/mol. The molecule has 1 aliphatic carbocycles. The summed E-state index contributed by atoms with van der Waals surface area (Å²) in [6.07, 6.45) is 10.2. The molecule has 0 bridgehead atoms. The van der Waals surface area contributed by atoms with Crippen LogP contribution >= 0.6 is 0 Å². The highest BCUT2D eigenvalue weighted by atomic mass is 15.3. The van der Waals surface area contributed by atoms with Gasteiger partial charge in [0.25, 0.3) is 0 Å². The maximum Gasteiger partial charge on any atom is 0.0627 e. The van der Waals surface area contributed by atoms with Gasteiger partial charge in [-0.3, -0.25) is 4.68 Å². The van der Waals surface area contributed by atoms with Crippen LogP contribution in [0, 0.1) is 17.8 Å². The molecule has 1 saturated carbocycles. The number of aromatic nitrogens is 2. The van der Waals surface area contributed by atoms with E-state index < -0.39 is 0 Å². The Morgan fingerprint density at radius 3 is 2.76 bits per heavy atom. The van der Waals surface area contributed by atoms with Gasteiger partial charge in [-0.25, -0.2) is 0 Å². The molecule has 21 heavy (non-hydrogen) atoms. The van der Waals surface area contributed by atoms with Crippen LogP contribution < -0.4 is 5.32 Å². The van der Waals surface area contributed by atoms with E-state index in [0.717, 1.165) is 30.7 Å². The first-order valence-electron chi connectivity index (χ1n) is 8.82. The van der Waals surface area contributed by atoms with Crippen molar-refractivity contribution in [2.24, 2.45) is 17.8 Å². The van der Waals surface area contributed by atoms with Crippen molar-refractivity contribution in [1.82, 2.24) is 15.1 Å². The molecule has 1 aromatic rings. The lowest BCUT2D eigenvalue weighted by atomic mass is 9.71. The summed E-state index contributed by atoms with van der Waals surface area (Å²) in [6.45, 7) is 7.87.